The van der Waals surface area contributed by atoms with Crippen LogP contribution in [0.2, 0.25) is 0 Å². The Hall–Kier alpha value is -2.70. The molecule has 2 aromatic rings. The van der Waals surface area contributed by atoms with E-state index in [-0.39, 0.29) is 28.8 Å². The fourth-order valence-corrected chi connectivity index (χ4v) is 5.50. The predicted molar refractivity (Wildman–Crippen MR) is 119 cm³/mol. The largest absolute Gasteiger partial charge is 0.474 e. The first-order valence-electron chi connectivity index (χ1n) is 11.3. The number of benzene rings is 1. The van der Waals surface area contributed by atoms with Gasteiger partial charge in [0.15, 0.2) is 0 Å². The number of sulfonamides is 1. The van der Waals surface area contributed by atoms with Crippen molar-refractivity contribution in [3.8, 4) is 5.88 Å². The SMILES string of the molecule is O=C(NC1CCC(Oc2ccc(C(F)(F)F)cn2)CC1)c1ccc(S(=O)(=O)N2CCOCC2)cc1. The summed E-state index contributed by atoms with van der Waals surface area (Å²) in [7, 11) is -3.63. The Kier molecular flexibility index (Phi) is 7.62. The molecule has 190 valence electrons. The van der Waals surface area contributed by atoms with Crippen molar-refractivity contribution in [2.75, 3.05) is 26.3 Å². The summed E-state index contributed by atoms with van der Waals surface area (Å²) in [6, 6.07) is 7.91. The Morgan fingerprint density at radius 1 is 1.03 bits per heavy atom. The van der Waals surface area contributed by atoms with Crippen LogP contribution >= 0.6 is 0 Å². The van der Waals surface area contributed by atoms with Gasteiger partial charge in [0, 0.05) is 37.0 Å². The fraction of sp³-hybridized carbons (Fsp3) is 0.478. The molecule has 35 heavy (non-hydrogen) atoms. The van der Waals surface area contributed by atoms with E-state index in [2.05, 4.69) is 10.3 Å². The first-order valence-corrected chi connectivity index (χ1v) is 12.8. The van der Waals surface area contributed by atoms with Gasteiger partial charge >= 0.3 is 6.18 Å². The molecule has 1 aromatic carbocycles. The van der Waals surface area contributed by atoms with Gasteiger partial charge in [0.1, 0.15) is 6.10 Å². The Balaban J connectivity index is 1.26. The van der Waals surface area contributed by atoms with Gasteiger partial charge in [0.05, 0.1) is 23.7 Å². The molecule has 1 aliphatic carbocycles. The van der Waals surface area contributed by atoms with E-state index < -0.39 is 21.8 Å². The van der Waals surface area contributed by atoms with Crippen molar-refractivity contribution in [3.63, 3.8) is 0 Å². The van der Waals surface area contributed by atoms with Crippen LogP contribution in [0.25, 0.3) is 0 Å². The predicted octanol–water partition coefficient (Wildman–Crippen LogP) is 3.24. The van der Waals surface area contributed by atoms with E-state index in [0.29, 0.717) is 57.6 Å². The smallest absolute Gasteiger partial charge is 0.417 e. The second kappa shape index (κ2) is 10.5. The van der Waals surface area contributed by atoms with Crippen molar-refractivity contribution in [2.45, 2.75) is 48.9 Å². The lowest BCUT2D eigenvalue weighted by molar-refractivity contribution is -0.137. The first kappa shape index (κ1) is 25.4. The number of morpholine rings is 1. The van der Waals surface area contributed by atoms with E-state index in [1.807, 2.05) is 0 Å². The molecular weight excluding hydrogens is 487 g/mol. The van der Waals surface area contributed by atoms with Crippen LogP contribution in [0.5, 0.6) is 5.88 Å². The molecule has 0 spiro atoms. The Morgan fingerprint density at radius 3 is 2.26 bits per heavy atom. The Labute approximate surface area is 201 Å². The molecule has 1 aliphatic heterocycles. The van der Waals surface area contributed by atoms with E-state index in [1.54, 1.807) is 0 Å². The van der Waals surface area contributed by atoms with Crippen molar-refractivity contribution >= 4 is 15.9 Å². The van der Waals surface area contributed by atoms with Crippen LogP contribution in [0.4, 0.5) is 13.2 Å². The van der Waals surface area contributed by atoms with Crippen molar-refractivity contribution < 1.29 is 35.9 Å². The molecule has 1 saturated heterocycles. The minimum Gasteiger partial charge on any atom is -0.474 e. The monoisotopic (exact) mass is 513 g/mol. The number of rotatable bonds is 6. The number of carbonyl (C=O) groups is 1. The number of pyridine rings is 1. The highest BCUT2D eigenvalue weighted by Gasteiger charge is 2.31. The van der Waals surface area contributed by atoms with Crippen LogP contribution in [0.15, 0.2) is 47.5 Å². The van der Waals surface area contributed by atoms with Crippen molar-refractivity contribution in [1.29, 1.82) is 0 Å². The molecule has 0 radical (unpaired) electrons. The van der Waals surface area contributed by atoms with Crippen molar-refractivity contribution in [2.24, 2.45) is 0 Å². The normalized spacial score (nSPS) is 21.9. The summed E-state index contributed by atoms with van der Waals surface area (Å²) in [6.07, 6.45) is -1.38. The zero-order chi connectivity index (χ0) is 25.1. The minimum atomic E-state index is -4.45. The summed E-state index contributed by atoms with van der Waals surface area (Å²) < 4.78 is 75.6. The van der Waals surface area contributed by atoms with Gasteiger partial charge in [-0.1, -0.05) is 0 Å². The quantitative estimate of drug-likeness (QED) is 0.637. The summed E-state index contributed by atoms with van der Waals surface area (Å²) in [5.74, 6) is -0.160. The highest BCUT2D eigenvalue weighted by molar-refractivity contribution is 7.89. The minimum absolute atomic E-state index is 0.0836. The van der Waals surface area contributed by atoms with Crippen LogP contribution in [0.3, 0.4) is 0 Å². The molecule has 0 atom stereocenters. The number of carbonyl (C=O) groups excluding carboxylic acids is 1. The molecule has 0 unspecified atom stereocenters. The zero-order valence-electron chi connectivity index (χ0n) is 18.8. The molecule has 0 bridgehead atoms. The molecule has 1 aromatic heterocycles. The van der Waals surface area contributed by atoms with Gasteiger partial charge in [-0.25, -0.2) is 13.4 Å². The molecule has 2 fully saturated rings. The molecule has 1 amide bonds. The number of ether oxygens (including phenoxy) is 2. The van der Waals surface area contributed by atoms with Gasteiger partial charge in [-0.3, -0.25) is 4.79 Å². The van der Waals surface area contributed by atoms with Crippen LogP contribution in [-0.2, 0) is 20.9 Å². The fourth-order valence-electron chi connectivity index (χ4n) is 4.10. The molecule has 1 N–H and O–H groups in total. The van der Waals surface area contributed by atoms with Crippen LogP contribution in [-0.4, -0.2) is 62.1 Å². The third kappa shape index (κ3) is 6.30. The third-order valence-corrected chi connectivity index (χ3v) is 8.00. The molecule has 2 heterocycles. The third-order valence-electron chi connectivity index (χ3n) is 6.08. The van der Waals surface area contributed by atoms with E-state index in [1.165, 1.54) is 34.6 Å². The number of alkyl halides is 3. The second-order valence-electron chi connectivity index (χ2n) is 8.49. The molecule has 2 aliphatic rings. The van der Waals surface area contributed by atoms with Crippen molar-refractivity contribution in [3.05, 3.63) is 53.7 Å². The molecular formula is C23H26F3N3O5S. The maximum atomic E-state index is 12.7. The zero-order valence-corrected chi connectivity index (χ0v) is 19.6. The summed E-state index contributed by atoms with van der Waals surface area (Å²) in [5, 5.41) is 2.95. The first-order chi connectivity index (χ1) is 16.6. The summed E-state index contributed by atoms with van der Waals surface area (Å²) in [4.78, 5) is 16.5. The maximum Gasteiger partial charge on any atom is 0.417 e. The molecule has 4 rings (SSSR count). The van der Waals surface area contributed by atoms with Gasteiger partial charge in [0.2, 0.25) is 15.9 Å². The van der Waals surface area contributed by atoms with E-state index >= 15 is 0 Å². The van der Waals surface area contributed by atoms with Crippen molar-refractivity contribution in [1.82, 2.24) is 14.6 Å². The number of hydrogen-bond acceptors (Lipinski definition) is 6. The number of nitrogens with zero attached hydrogens (tertiary/aromatic N) is 2. The molecule has 1 saturated carbocycles. The standard InChI is InChI=1S/C23H26F3N3O5S/c24-23(25,26)17-3-10-21(27-15-17)34-19-6-4-18(5-7-19)28-22(30)16-1-8-20(9-2-16)35(31,32)29-11-13-33-14-12-29/h1-3,8-10,15,18-19H,4-7,11-14H2,(H,28,30). The average molecular weight is 514 g/mol. The lowest BCUT2D eigenvalue weighted by Gasteiger charge is -2.29. The number of halogens is 3. The van der Waals surface area contributed by atoms with E-state index in [9.17, 15) is 26.4 Å². The van der Waals surface area contributed by atoms with E-state index in [4.69, 9.17) is 9.47 Å². The Morgan fingerprint density at radius 2 is 1.69 bits per heavy atom. The van der Waals surface area contributed by atoms with Crippen LogP contribution in [0.1, 0.15) is 41.6 Å². The molecule has 12 heteroatoms. The van der Waals surface area contributed by atoms with Gasteiger partial charge < -0.3 is 14.8 Å². The van der Waals surface area contributed by atoms with Gasteiger partial charge in [-0.2, -0.15) is 17.5 Å². The number of aromatic nitrogens is 1. The highest BCUT2D eigenvalue weighted by Crippen LogP contribution is 2.30. The van der Waals surface area contributed by atoms with Crippen LogP contribution < -0.4 is 10.1 Å². The average Bonchev–Trinajstić information content (AvgIpc) is 2.85. The topological polar surface area (TPSA) is 97.8 Å². The van der Waals surface area contributed by atoms with E-state index in [0.717, 1.165) is 12.3 Å². The maximum absolute atomic E-state index is 12.7. The highest BCUT2D eigenvalue weighted by atomic mass is 32.2. The lowest BCUT2D eigenvalue weighted by atomic mass is 9.92. The number of amides is 1. The van der Waals surface area contributed by atoms with Gasteiger partial charge in [0.25, 0.3) is 5.91 Å². The number of nitrogens with one attached hydrogen (secondary N) is 1. The Bertz CT molecular complexity index is 1110. The summed E-state index contributed by atoms with van der Waals surface area (Å²) in [6.45, 7) is 1.31. The second-order valence-corrected chi connectivity index (χ2v) is 10.4. The summed E-state index contributed by atoms with van der Waals surface area (Å²) >= 11 is 0. The summed E-state index contributed by atoms with van der Waals surface area (Å²) in [5.41, 5.74) is -0.471. The molecule has 8 nitrogen and oxygen atoms in total. The number of hydrogen-bond donors (Lipinski definition) is 1. The lowest BCUT2D eigenvalue weighted by Crippen LogP contribution is -2.40. The van der Waals surface area contributed by atoms with Gasteiger partial charge in [-0.15, -0.1) is 0 Å². The van der Waals surface area contributed by atoms with Gasteiger partial charge in [-0.05, 0) is 56.0 Å². The van der Waals surface area contributed by atoms with Crippen LogP contribution in [0, 0.1) is 0 Å².